The van der Waals surface area contributed by atoms with Crippen LogP contribution in [0.5, 0.6) is 5.75 Å². The number of carbonyl (C=O) groups excluding carboxylic acids is 2. The molecule has 0 N–H and O–H groups in total. The standard InChI is InChI=1S/C18H17NO4/c1-2-22-18(21)15-16(23-14-11-7-4-8-12-14)17(20)19(15)13-9-5-3-6-10-13/h3-12,15-16H,2H2,1H3. The first-order valence-corrected chi connectivity index (χ1v) is 7.49. The van der Waals surface area contributed by atoms with Gasteiger partial charge in [-0.05, 0) is 31.2 Å². The number of amides is 1. The second kappa shape index (κ2) is 6.52. The van der Waals surface area contributed by atoms with Crippen LogP contribution in [0.3, 0.4) is 0 Å². The van der Waals surface area contributed by atoms with Crippen LogP contribution in [0.1, 0.15) is 6.92 Å². The zero-order valence-corrected chi connectivity index (χ0v) is 12.7. The minimum atomic E-state index is -0.864. The molecule has 1 fully saturated rings. The maximum atomic E-state index is 12.5. The Morgan fingerprint density at radius 1 is 1.04 bits per heavy atom. The summed E-state index contributed by atoms with van der Waals surface area (Å²) in [5.41, 5.74) is 0.656. The van der Waals surface area contributed by atoms with E-state index in [0.29, 0.717) is 11.4 Å². The summed E-state index contributed by atoms with van der Waals surface area (Å²) < 4.78 is 10.8. The number of esters is 1. The van der Waals surface area contributed by atoms with Crippen molar-refractivity contribution in [2.24, 2.45) is 0 Å². The van der Waals surface area contributed by atoms with Crippen molar-refractivity contribution in [3.63, 3.8) is 0 Å². The Hall–Kier alpha value is -2.82. The molecule has 2 atom stereocenters. The molecule has 3 rings (SSSR count). The largest absolute Gasteiger partial charge is 0.478 e. The molecule has 0 aliphatic carbocycles. The Labute approximate surface area is 134 Å². The molecule has 23 heavy (non-hydrogen) atoms. The number of rotatable bonds is 5. The molecule has 1 aliphatic rings. The third kappa shape index (κ3) is 2.90. The summed E-state index contributed by atoms with van der Waals surface area (Å²) in [5, 5.41) is 0. The van der Waals surface area contributed by atoms with E-state index in [1.165, 1.54) is 4.90 Å². The lowest BCUT2D eigenvalue weighted by molar-refractivity contribution is -0.156. The minimum Gasteiger partial charge on any atom is -0.478 e. The molecule has 5 nitrogen and oxygen atoms in total. The number of hydrogen-bond donors (Lipinski definition) is 0. The van der Waals surface area contributed by atoms with Crippen LogP contribution in [0.25, 0.3) is 0 Å². The summed E-state index contributed by atoms with van der Waals surface area (Å²) in [6, 6.07) is 17.3. The number of anilines is 1. The van der Waals surface area contributed by atoms with Crippen LogP contribution >= 0.6 is 0 Å². The molecule has 0 spiro atoms. The van der Waals surface area contributed by atoms with Crippen molar-refractivity contribution in [2.45, 2.75) is 19.1 Å². The van der Waals surface area contributed by atoms with Crippen LogP contribution in [0, 0.1) is 0 Å². The molecule has 1 amide bonds. The molecule has 0 bridgehead atoms. The molecule has 0 saturated carbocycles. The van der Waals surface area contributed by atoms with Gasteiger partial charge in [-0.2, -0.15) is 0 Å². The van der Waals surface area contributed by atoms with Crippen molar-refractivity contribution < 1.29 is 19.1 Å². The smallest absolute Gasteiger partial charge is 0.333 e. The summed E-state index contributed by atoms with van der Waals surface area (Å²) in [6.07, 6.45) is -0.864. The van der Waals surface area contributed by atoms with Crippen molar-refractivity contribution in [3.05, 3.63) is 60.7 Å². The maximum Gasteiger partial charge on any atom is 0.333 e. The van der Waals surface area contributed by atoms with Crippen molar-refractivity contribution in [3.8, 4) is 5.75 Å². The van der Waals surface area contributed by atoms with Crippen molar-refractivity contribution in [2.75, 3.05) is 11.5 Å². The van der Waals surface area contributed by atoms with Crippen molar-refractivity contribution in [1.82, 2.24) is 0 Å². The van der Waals surface area contributed by atoms with Crippen LogP contribution < -0.4 is 9.64 Å². The van der Waals surface area contributed by atoms with Gasteiger partial charge in [0, 0.05) is 5.69 Å². The minimum absolute atomic E-state index is 0.252. The first-order chi connectivity index (χ1) is 11.2. The number of benzene rings is 2. The number of ether oxygens (including phenoxy) is 2. The molecular weight excluding hydrogens is 294 g/mol. The Bertz CT molecular complexity index is 687. The highest BCUT2D eigenvalue weighted by Crippen LogP contribution is 2.31. The third-order valence-electron chi connectivity index (χ3n) is 3.61. The van der Waals surface area contributed by atoms with Crippen LogP contribution in [-0.2, 0) is 14.3 Å². The topological polar surface area (TPSA) is 55.8 Å². The van der Waals surface area contributed by atoms with E-state index in [2.05, 4.69) is 0 Å². The zero-order chi connectivity index (χ0) is 16.2. The van der Waals surface area contributed by atoms with Crippen LogP contribution in [0.15, 0.2) is 60.7 Å². The van der Waals surface area contributed by atoms with Crippen molar-refractivity contribution >= 4 is 17.6 Å². The maximum absolute atomic E-state index is 12.5. The van der Waals surface area contributed by atoms with Gasteiger partial charge in [0.25, 0.3) is 5.91 Å². The molecule has 2 aromatic carbocycles. The van der Waals surface area contributed by atoms with Gasteiger partial charge in [0.05, 0.1) is 6.61 Å². The fourth-order valence-corrected chi connectivity index (χ4v) is 2.56. The average molecular weight is 311 g/mol. The van der Waals surface area contributed by atoms with Crippen molar-refractivity contribution in [1.29, 1.82) is 0 Å². The molecular formula is C18H17NO4. The number of carbonyl (C=O) groups is 2. The Balaban J connectivity index is 1.85. The van der Waals surface area contributed by atoms with Crippen LogP contribution in [-0.4, -0.2) is 30.6 Å². The van der Waals surface area contributed by atoms with E-state index in [4.69, 9.17) is 9.47 Å². The Kier molecular flexibility index (Phi) is 4.28. The fourth-order valence-electron chi connectivity index (χ4n) is 2.56. The molecule has 0 radical (unpaired) electrons. The van der Waals surface area contributed by atoms with Crippen LogP contribution in [0.2, 0.25) is 0 Å². The number of hydrogen-bond acceptors (Lipinski definition) is 4. The number of para-hydroxylation sites is 2. The van der Waals surface area contributed by atoms with E-state index in [-0.39, 0.29) is 12.5 Å². The highest BCUT2D eigenvalue weighted by atomic mass is 16.5. The first-order valence-electron chi connectivity index (χ1n) is 7.49. The normalized spacial score (nSPS) is 19.9. The van der Waals surface area contributed by atoms with E-state index in [9.17, 15) is 9.59 Å². The summed E-state index contributed by atoms with van der Waals surface area (Å²) >= 11 is 0. The molecule has 0 aromatic heterocycles. The highest BCUT2D eigenvalue weighted by molar-refractivity contribution is 6.12. The van der Waals surface area contributed by atoms with E-state index < -0.39 is 18.1 Å². The van der Waals surface area contributed by atoms with Gasteiger partial charge >= 0.3 is 5.97 Å². The van der Waals surface area contributed by atoms with E-state index >= 15 is 0 Å². The monoisotopic (exact) mass is 311 g/mol. The van der Waals surface area contributed by atoms with Gasteiger partial charge in [-0.15, -0.1) is 0 Å². The Morgan fingerprint density at radius 2 is 1.65 bits per heavy atom. The third-order valence-corrected chi connectivity index (χ3v) is 3.61. The van der Waals surface area contributed by atoms with Crippen LogP contribution in [0.4, 0.5) is 5.69 Å². The molecule has 1 aliphatic heterocycles. The lowest BCUT2D eigenvalue weighted by Gasteiger charge is -2.44. The molecule has 2 aromatic rings. The number of nitrogens with zero attached hydrogens (tertiary/aromatic N) is 1. The second-order valence-corrected chi connectivity index (χ2v) is 5.09. The summed E-state index contributed by atoms with van der Waals surface area (Å²) in [5.74, 6) is -0.164. The van der Waals surface area contributed by atoms with Gasteiger partial charge in [-0.1, -0.05) is 36.4 Å². The summed E-state index contributed by atoms with van der Waals surface area (Å²) in [7, 11) is 0. The molecule has 2 unspecified atom stereocenters. The predicted molar refractivity (Wildman–Crippen MR) is 85.2 cm³/mol. The summed E-state index contributed by atoms with van der Waals surface area (Å²) in [4.78, 5) is 26.2. The second-order valence-electron chi connectivity index (χ2n) is 5.09. The fraction of sp³-hybridized carbons (Fsp3) is 0.222. The van der Waals surface area contributed by atoms with E-state index in [1.54, 1.807) is 31.2 Å². The highest BCUT2D eigenvalue weighted by Gasteiger charge is 2.55. The van der Waals surface area contributed by atoms with Gasteiger partial charge in [0.2, 0.25) is 6.10 Å². The predicted octanol–water partition coefficient (Wildman–Crippen LogP) is 2.41. The Morgan fingerprint density at radius 3 is 2.26 bits per heavy atom. The number of β-lactam (4-membered cyclic amide) rings is 1. The van der Waals surface area contributed by atoms with E-state index in [0.717, 1.165) is 0 Å². The average Bonchev–Trinajstić information content (AvgIpc) is 2.59. The van der Waals surface area contributed by atoms with Gasteiger partial charge in [0.15, 0.2) is 6.04 Å². The first kappa shape index (κ1) is 15.1. The quantitative estimate of drug-likeness (QED) is 0.628. The zero-order valence-electron chi connectivity index (χ0n) is 12.7. The molecule has 1 heterocycles. The van der Waals surface area contributed by atoms with E-state index in [1.807, 2.05) is 36.4 Å². The SMILES string of the molecule is CCOC(=O)C1C(Oc2ccccc2)C(=O)N1c1ccccc1. The molecule has 118 valence electrons. The summed E-state index contributed by atoms with van der Waals surface area (Å²) in [6.45, 7) is 1.99. The van der Waals surface area contributed by atoms with Gasteiger partial charge in [-0.25, -0.2) is 4.79 Å². The van der Waals surface area contributed by atoms with Gasteiger partial charge in [-0.3, -0.25) is 9.69 Å². The molecule has 5 heteroatoms. The van der Waals surface area contributed by atoms with Gasteiger partial charge < -0.3 is 9.47 Å². The lowest BCUT2D eigenvalue weighted by Crippen LogP contribution is -2.70. The lowest BCUT2D eigenvalue weighted by atomic mass is 9.96. The van der Waals surface area contributed by atoms with Gasteiger partial charge in [0.1, 0.15) is 5.75 Å². The molecule has 1 saturated heterocycles.